The molecular formula is C30H31BrN2O2. The van der Waals surface area contributed by atoms with Crippen LogP contribution in [0.5, 0.6) is 5.75 Å². The van der Waals surface area contributed by atoms with Gasteiger partial charge in [0.2, 0.25) is 5.91 Å². The van der Waals surface area contributed by atoms with E-state index in [-0.39, 0.29) is 11.3 Å². The van der Waals surface area contributed by atoms with Crippen LogP contribution in [0.3, 0.4) is 0 Å². The van der Waals surface area contributed by atoms with E-state index < -0.39 is 0 Å². The number of fused-ring (bicyclic) bond motifs is 1. The van der Waals surface area contributed by atoms with Gasteiger partial charge in [-0.05, 0) is 70.3 Å². The monoisotopic (exact) mass is 530 g/mol. The molecule has 1 aromatic heterocycles. The minimum Gasteiger partial charge on any atom is -0.496 e. The number of carbonyl (C=O) groups is 1. The van der Waals surface area contributed by atoms with Crippen LogP contribution in [0, 0.1) is 12.3 Å². The Balaban J connectivity index is 1.69. The van der Waals surface area contributed by atoms with Gasteiger partial charge in [0.15, 0.2) is 0 Å². The zero-order valence-corrected chi connectivity index (χ0v) is 22.5. The number of hydrogen-bond donors (Lipinski definition) is 0. The van der Waals surface area contributed by atoms with Crippen molar-refractivity contribution in [1.29, 1.82) is 0 Å². The topological polar surface area (TPSA) is 42.4 Å². The molecule has 0 aliphatic heterocycles. The van der Waals surface area contributed by atoms with Crippen LogP contribution < -0.4 is 9.64 Å². The number of nitrogens with zero attached hydrogens (tertiary/aromatic N) is 2. The molecule has 0 unspecified atom stereocenters. The van der Waals surface area contributed by atoms with Crippen LogP contribution in [0.25, 0.3) is 21.9 Å². The summed E-state index contributed by atoms with van der Waals surface area (Å²) in [7, 11) is 1.69. The smallest absolute Gasteiger partial charge is 0.229 e. The van der Waals surface area contributed by atoms with Crippen LogP contribution in [0.4, 0.5) is 5.82 Å². The summed E-state index contributed by atoms with van der Waals surface area (Å²) in [4.78, 5) is 20.0. The Labute approximate surface area is 216 Å². The third kappa shape index (κ3) is 5.91. The lowest BCUT2D eigenvalue weighted by Crippen LogP contribution is -2.34. The van der Waals surface area contributed by atoms with Crippen molar-refractivity contribution >= 4 is 38.4 Å². The van der Waals surface area contributed by atoms with Gasteiger partial charge < -0.3 is 4.74 Å². The number of aryl methyl sites for hydroxylation is 1. The Kier molecular flexibility index (Phi) is 7.27. The van der Waals surface area contributed by atoms with Crippen LogP contribution in [0.15, 0.2) is 77.4 Å². The molecule has 1 amide bonds. The second-order valence-electron chi connectivity index (χ2n) is 10.1. The molecular weight excluding hydrogens is 500 g/mol. The largest absolute Gasteiger partial charge is 0.496 e. The number of aromatic nitrogens is 1. The molecule has 3 aromatic carbocycles. The second kappa shape index (κ2) is 10.2. The SMILES string of the molecule is COc1ccc(-c2ccc(CN(C(=O)CC(C)(C)C)c3nccc4ccc(Br)cc34)cc2)cc1C. The van der Waals surface area contributed by atoms with Gasteiger partial charge in [0.1, 0.15) is 11.6 Å². The van der Waals surface area contributed by atoms with E-state index in [9.17, 15) is 4.79 Å². The molecule has 4 rings (SSSR count). The summed E-state index contributed by atoms with van der Waals surface area (Å²) >= 11 is 3.57. The molecule has 0 radical (unpaired) electrons. The Morgan fingerprint density at radius 1 is 0.971 bits per heavy atom. The van der Waals surface area contributed by atoms with E-state index in [4.69, 9.17) is 4.74 Å². The van der Waals surface area contributed by atoms with Crippen molar-refractivity contribution in [3.63, 3.8) is 0 Å². The first kappa shape index (κ1) is 24.9. The molecule has 0 N–H and O–H groups in total. The number of benzene rings is 3. The van der Waals surface area contributed by atoms with Crippen LogP contribution in [0.2, 0.25) is 0 Å². The summed E-state index contributed by atoms with van der Waals surface area (Å²) in [6.45, 7) is 8.76. The molecule has 5 heteroatoms. The van der Waals surface area contributed by atoms with Gasteiger partial charge in [0.05, 0.1) is 13.7 Å². The molecule has 0 fully saturated rings. The van der Waals surface area contributed by atoms with Gasteiger partial charge in [-0.2, -0.15) is 0 Å². The van der Waals surface area contributed by atoms with E-state index in [0.29, 0.717) is 18.8 Å². The van der Waals surface area contributed by atoms with Gasteiger partial charge in [-0.15, -0.1) is 0 Å². The Morgan fingerprint density at radius 2 is 1.69 bits per heavy atom. The van der Waals surface area contributed by atoms with Crippen molar-refractivity contribution in [2.24, 2.45) is 5.41 Å². The fraction of sp³-hybridized carbons (Fsp3) is 0.267. The Hall–Kier alpha value is -3.18. The van der Waals surface area contributed by atoms with Crippen molar-refractivity contribution in [1.82, 2.24) is 4.98 Å². The first-order valence-corrected chi connectivity index (χ1v) is 12.5. The maximum absolute atomic E-state index is 13.5. The zero-order chi connectivity index (χ0) is 25.2. The third-order valence-electron chi connectivity index (χ3n) is 5.97. The van der Waals surface area contributed by atoms with Gasteiger partial charge in [0, 0.05) is 22.5 Å². The first-order chi connectivity index (χ1) is 16.6. The van der Waals surface area contributed by atoms with Crippen LogP contribution >= 0.6 is 15.9 Å². The lowest BCUT2D eigenvalue weighted by Gasteiger charge is -2.27. The standard InChI is InChI=1S/C30H31BrN2O2/c1-20-16-24(11-13-27(20)35-5)22-8-6-21(7-9-22)19-33(28(34)18-30(2,3)4)29-26-17-25(31)12-10-23(26)14-15-32-29/h6-17H,18-19H2,1-5H3. The maximum Gasteiger partial charge on any atom is 0.229 e. The van der Waals surface area contributed by atoms with Gasteiger partial charge in [-0.3, -0.25) is 9.69 Å². The number of anilines is 1. The normalized spacial score (nSPS) is 11.5. The molecule has 180 valence electrons. The second-order valence-corrected chi connectivity index (χ2v) is 11.0. The van der Waals surface area contributed by atoms with Crippen molar-refractivity contribution in [3.05, 3.63) is 88.5 Å². The lowest BCUT2D eigenvalue weighted by molar-refractivity contribution is -0.120. The molecule has 0 aliphatic rings. The molecule has 0 saturated heterocycles. The predicted molar refractivity (Wildman–Crippen MR) is 148 cm³/mol. The van der Waals surface area contributed by atoms with E-state index in [1.54, 1.807) is 13.3 Å². The van der Waals surface area contributed by atoms with Crippen molar-refractivity contribution in [2.45, 2.75) is 40.7 Å². The minimum absolute atomic E-state index is 0.0623. The van der Waals surface area contributed by atoms with E-state index in [0.717, 1.165) is 43.2 Å². The highest BCUT2D eigenvalue weighted by atomic mass is 79.9. The first-order valence-electron chi connectivity index (χ1n) is 11.7. The van der Waals surface area contributed by atoms with Crippen molar-refractivity contribution in [2.75, 3.05) is 12.0 Å². The van der Waals surface area contributed by atoms with Crippen molar-refractivity contribution in [3.8, 4) is 16.9 Å². The summed E-state index contributed by atoms with van der Waals surface area (Å²) in [5.74, 6) is 1.63. The average molecular weight is 531 g/mol. The summed E-state index contributed by atoms with van der Waals surface area (Å²) in [6.07, 6.45) is 2.21. The fourth-order valence-corrected chi connectivity index (χ4v) is 4.57. The molecule has 4 nitrogen and oxygen atoms in total. The van der Waals surface area contributed by atoms with Gasteiger partial charge in [0.25, 0.3) is 0 Å². The number of carbonyl (C=O) groups excluding carboxylic acids is 1. The average Bonchev–Trinajstić information content (AvgIpc) is 2.81. The molecule has 0 atom stereocenters. The number of hydrogen-bond acceptors (Lipinski definition) is 3. The van der Waals surface area contributed by atoms with Crippen molar-refractivity contribution < 1.29 is 9.53 Å². The molecule has 4 aromatic rings. The van der Waals surface area contributed by atoms with E-state index in [2.05, 4.69) is 78.1 Å². The zero-order valence-electron chi connectivity index (χ0n) is 20.9. The van der Waals surface area contributed by atoms with Gasteiger partial charge in [-0.25, -0.2) is 4.98 Å². The van der Waals surface area contributed by atoms with E-state index in [1.807, 2.05) is 42.2 Å². The van der Waals surface area contributed by atoms with E-state index in [1.165, 1.54) is 0 Å². The molecule has 1 heterocycles. The Morgan fingerprint density at radius 3 is 2.34 bits per heavy atom. The molecule has 35 heavy (non-hydrogen) atoms. The quantitative estimate of drug-likeness (QED) is 0.254. The number of halogens is 1. The Bertz CT molecular complexity index is 1360. The number of amides is 1. The number of ether oxygens (including phenoxy) is 1. The fourth-order valence-electron chi connectivity index (χ4n) is 4.21. The van der Waals surface area contributed by atoms with Crippen LogP contribution in [0.1, 0.15) is 38.3 Å². The summed E-state index contributed by atoms with van der Waals surface area (Å²) < 4.78 is 6.35. The highest BCUT2D eigenvalue weighted by molar-refractivity contribution is 9.10. The van der Waals surface area contributed by atoms with Gasteiger partial charge >= 0.3 is 0 Å². The maximum atomic E-state index is 13.5. The molecule has 0 bridgehead atoms. The summed E-state index contributed by atoms with van der Waals surface area (Å²) in [6, 6.07) is 22.6. The predicted octanol–water partition coefficient (Wildman–Crippen LogP) is 7.95. The minimum atomic E-state index is -0.128. The number of methoxy groups -OCH3 is 1. The van der Waals surface area contributed by atoms with E-state index >= 15 is 0 Å². The lowest BCUT2D eigenvalue weighted by atomic mass is 9.91. The molecule has 0 spiro atoms. The number of pyridine rings is 1. The highest BCUT2D eigenvalue weighted by Crippen LogP contribution is 2.32. The number of rotatable bonds is 6. The van der Waals surface area contributed by atoms with Crippen LogP contribution in [-0.2, 0) is 11.3 Å². The third-order valence-corrected chi connectivity index (χ3v) is 6.46. The molecule has 0 aliphatic carbocycles. The summed E-state index contributed by atoms with van der Waals surface area (Å²) in [5.41, 5.74) is 4.28. The molecule has 0 saturated carbocycles. The van der Waals surface area contributed by atoms with Crippen LogP contribution in [-0.4, -0.2) is 18.0 Å². The highest BCUT2D eigenvalue weighted by Gasteiger charge is 2.25. The van der Waals surface area contributed by atoms with Gasteiger partial charge in [-0.1, -0.05) is 73.1 Å². The summed E-state index contributed by atoms with van der Waals surface area (Å²) in [5, 5.41) is 2.01.